The van der Waals surface area contributed by atoms with Crippen LogP contribution in [0.3, 0.4) is 0 Å². The summed E-state index contributed by atoms with van der Waals surface area (Å²) in [5.41, 5.74) is -0.833. The highest BCUT2D eigenvalue weighted by Crippen LogP contribution is 2.55. The maximum Gasteiger partial charge on any atom is 0.246 e. The van der Waals surface area contributed by atoms with Crippen molar-refractivity contribution in [3.05, 3.63) is 0 Å². The van der Waals surface area contributed by atoms with Gasteiger partial charge in [0.2, 0.25) is 7.23 Å². The number of thiol groups is 1. The van der Waals surface area contributed by atoms with Crippen molar-refractivity contribution in [1.82, 2.24) is 0 Å². The second kappa shape index (κ2) is 7.24. The van der Waals surface area contributed by atoms with Crippen LogP contribution in [0.4, 0.5) is 0 Å². The Morgan fingerprint density at radius 3 is 2.16 bits per heavy atom. The first-order chi connectivity index (χ1) is 8.68. The summed E-state index contributed by atoms with van der Waals surface area (Å²) in [5.74, 6) is 0.749. The molecule has 0 aromatic heterocycles. The second-order valence-electron chi connectivity index (χ2n) is 5.87. The largest absolute Gasteiger partial charge is 0.344 e. The van der Waals surface area contributed by atoms with Gasteiger partial charge in [-0.05, 0) is 14.5 Å². The molecule has 0 aliphatic carbocycles. The Hall–Kier alpha value is 0.890. The van der Waals surface area contributed by atoms with Gasteiger partial charge in [0, 0.05) is 11.8 Å². The van der Waals surface area contributed by atoms with Crippen LogP contribution in [-0.4, -0.2) is 17.7 Å². The molecule has 0 amide bonds. The van der Waals surface area contributed by atoms with Gasteiger partial charge in [-0.3, -0.25) is 9.09 Å². The van der Waals surface area contributed by atoms with Crippen LogP contribution >= 0.6 is 28.1 Å². The number of ether oxygens (including phenoxy) is 2. The van der Waals surface area contributed by atoms with Gasteiger partial charge >= 0.3 is 0 Å². The number of hydrogen-bond donors (Lipinski definition) is 1. The van der Waals surface area contributed by atoms with E-state index in [0.717, 1.165) is 0 Å². The van der Waals surface area contributed by atoms with E-state index >= 15 is 0 Å². The maximum atomic E-state index is 11.5. The van der Waals surface area contributed by atoms with Crippen molar-refractivity contribution in [2.75, 3.05) is 0 Å². The fourth-order valence-corrected chi connectivity index (χ4v) is 5.00. The Morgan fingerprint density at radius 1 is 1.21 bits per heavy atom. The first-order valence-electron chi connectivity index (χ1n) is 6.71. The fraction of sp³-hybridized carbons (Fsp3) is 1.00. The van der Waals surface area contributed by atoms with Crippen LogP contribution in [0.25, 0.3) is 0 Å². The van der Waals surface area contributed by atoms with E-state index in [2.05, 4.69) is 26.1 Å². The number of rotatable bonds is 5. The van der Waals surface area contributed by atoms with E-state index in [1.54, 1.807) is 0 Å². The van der Waals surface area contributed by atoms with Crippen LogP contribution < -0.4 is 0 Å². The van der Waals surface area contributed by atoms with Gasteiger partial charge < -0.3 is 9.47 Å². The average molecular weight is 328 g/mol. The minimum atomic E-state index is -2.36. The Labute approximate surface area is 124 Å². The third-order valence-electron chi connectivity index (χ3n) is 3.06. The summed E-state index contributed by atoms with van der Waals surface area (Å²) in [6.07, 6.45) is -0.328. The van der Waals surface area contributed by atoms with Crippen molar-refractivity contribution in [3.8, 4) is 0 Å². The zero-order valence-corrected chi connectivity index (χ0v) is 15.4. The predicted octanol–water partition coefficient (Wildman–Crippen LogP) is 4.32. The van der Waals surface area contributed by atoms with Crippen molar-refractivity contribution >= 4 is 28.1 Å². The third-order valence-corrected chi connectivity index (χ3v) is 6.31. The first kappa shape index (κ1) is 17.9. The molecular weight excluding hydrogens is 302 g/mol. The summed E-state index contributed by atoms with van der Waals surface area (Å²) < 4.78 is 29.1. The van der Waals surface area contributed by atoms with E-state index in [-0.39, 0.29) is 24.0 Å². The van der Waals surface area contributed by atoms with Gasteiger partial charge in [-0.15, -0.1) is 0 Å². The van der Waals surface area contributed by atoms with Crippen LogP contribution in [-0.2, 0) is 18.6 Å². The topological polar surface area (TPSA) is 44.8 Å². The van der Waals surface area contributed by atoms with E-state index in [1.165, 1.54) is 0 Å². The molecule has 4 nitrogen and oxygen atoms in total. The van der Waals surface area contributed by atoms with Gasteiger partial charge in [0.1, 0.15) is 0 Å². The zero-order valence-electron chi connectivity index (χ0n) is 12.5. The van der Waals surface area contributed by atoms with Crippen molar-refractivity contribution in [3.63, 3.8) is 0 Å². The van der Waals surface area contributed by atoms with Gasteiger partial charge in [-0.25, -0.2) is 0 Å². The van der Waals surface area contributed by atoms with E-state index < -0.39 is 12.8 Å². The summed E-state index contributed by atoms with van der Waals surface area (Å²) in [6.45, 7) is 12.4. The minimum absolute atomic E-state index is 0.0678. The van der Waals surface area contributed by atoms with Crippen LogP contribution in [0.2, 0.25) is 0 Å². The monoisotopic (exact) mass is 328 g/mol. The molecule has 5 atom stereocenters. The van der Waals surface area contributed by atoms with Crippen molar-refractivity contribution in [2.24, 2.45) is 17.8 Å². The fourth-order valence-electron chi connectivity index (χ4n) is 1.83. The Kier molecular flexibility index (Phi) is 6.84. The van der Waals surface area contributed by atoms with Gasteiger partial charge in [-0.2, -0.15) is 0 Å². The normalized spacial score (nSPS) is 35.5. The molecule has 1 fully saturated rings. The molecule has 1 rings (SSSR count). The smallest absolute Gasteiger partial charge is 0.246 e. The van der Waals surface area contributed by atoms with Crippen LogP contribution in [0, 0.1) is 17.8 Å². The van der Waals surface area contributed by atoms with Crippen molar-refractivity contribution in [1.29, 1.82) is 0 Å². The summed E-state index contributed by atoms with van der Waals surface area (Å²) >= 11 is 3.93. The van der Waals surface area contributed by atoms with Gasteiger partial charge in [-0.1, -0.05) is 53.8 Å². The molecule has 0 aromatic carbocycles. The van der Waals surface area contributed by atoms with E-state index in [1.807, 2.05) is 27.7 Å². The van der Waals surface area contributed by atoms with Gasteiger partial charge in [0.05, 0.1) is 5.85 Å². The zero-order chi connectivity index (χ0) is 14.8. The summed E-state index contributed by atoms with van der Waals surface area (Å²) in [5, 5.41) is 0. The quantitative estimate of drug-likeness (QED) is 0.603. The van der Waals surface area contributed by atoms with Crippen molar-refractivity contribution in [2.45, 2.75) is 59.2 Å². The van der Waals surface area contributed by atoms with Crippen LogP contribution in [0.15, 0.2) is 0 Å². The Morgan fingerprint density at radius 2 is 1.79 bits per heavy atom. The lowest BCUT2D eigenvalue weighted by Gasteiger charge is -2.47. The Balaban J connectivity index is 3.02. The molecule has 114 valence electrons. The lowest BCUT2D eigenvalue weighted by atomic mass is 10.1. The third kappa shape index (κ3) is 4.69. The molecular formula is C12H26O4P2S. The van der Waals surface area contributed by atoms with Gasteiger partial charge in [0.15, 0.2) is 11.8 Å². The molecule has 1 saturated heterocycles. The molecule has 0 aromatic rings. The van der Waals surface area contributed by atoms with Crippen molar-refractivity contribution < 1.29 is 18.6 Å². The molecule has 7 heteroatoms. The molecule has 0 N–H and O–H groups in total. The molecule has 0 spiro atoms. The highest BCUT2D eigenvalue weighted by atomic mass is 32.7. The molecule has 0 bridgehead atoms. The van der Waals surface area contributed by atoms with Crippen LogP contribution in [0.5, 0.6) is 0 Å². The lowest BCUT2D eigenvalue weighted by molar-refractivity contribution is -0.289. The molecule has 0 radical (unpaired) electrons. The second-order valence-corrected chi connectivity index (χ2v) is 9.25. The molecule has 0 saturated carbocycles. The molecule has 1 aliphatic rings. The molecule has 19 heavy (non-hydrogen) atoms. The lowest BCUT2D eigenvalue weighted by Crippen LogP contribution is -2.48. The maximum absolute atomic E-state index is 11.5. The molecule has 1 aliphatic heterocycles. The minimum Gasteiger partial charge on any atom is -0.344 e. The average Bonchev–Trinajstić information content (AvgIpc) is 2.27. The standard InChI is InChI=1S/C12H26O4P2S/c1-7(2)10-14-11(8(3)4)17-12(15-10,9(5)6)16-18(13)19/h7-11,17-18H,1-6H3,(H,13,19). The van der Waals surface area contributed by atoms with E-state index in [9.17, 15) is 4.57 Å². The molecule has 5 unspecified atom stereocenters. The van der Waals surface area contributed by atoms with E-state index in [0.29, 0.717) is 14.5 Å². The highest BCUT2D eigenvalue weighted by molar-refractivity contribution is 8.39. The highest BCUT2D eigenvalue weighted by Gasteiger charge is 2.48. The Bertz CT molecular complexity index is 307. The van der Waals surface area contributed by atoms with Crippen LogP contribution in [0.1, 0.15) is 41.5 Å². The van der Waals surface area contributed by atoms with Gasteiger partial charge in [0.25, 0.3) is 0 Å². The summed E-state index contributed by atoms with van der Waals surface area (Å²) in [7, 11) is -2.07. The molecule has 1 heterocycles. The van der Waals surface area contributed by atoms with E-state index in [4.69, 9.17) is 14.0 Å². The summed E-state index contributed by atoms with van der Waals surface area (Å²) in [6, 6.07) is 0. The first-order valence-corrected chi connectivity index (χ1v) is 10.4. The summed E-state index contributed by atoms with van der Waals surface area (Å²) in [4.78, 5) is 0. The number of hydrogen-bond acceptors (Lipinski definition) is 4. The predicted molar refractivity (Wildman–Crippen MR) is 84.4 cm³/mol. The SMILES string of the molecule is CC(C)C1OC(C(C)C)PC(O[PH](=O)S)(C(C)C)O1.